The van der Waals surface area contributed by atoms with E-state index in [2.05, 4.69) is 32.3 Å². The Bertz CT molecular complexity index is 1270. The molecule has 33 heavy (non-hydrogen) atoms. The standard InChI is InChI=1S/C22H24N6O4S/c1-4-12-9-22(12,21(30)31)26-19(29)15-8-13(10-23-15)32-20-17-14(5-6-33-17)24-18(25-20)16-7-11(2)27-28(16)3/h4-7,12-13,15,23H,1,8-10H2,2-3H3,(H,26,29)(H,30,31)/t12-,13-,15-,22-/m1/s1. The lowest BCUT2D eigenvalue weighted by Gasteiger charge is -2.18. The van der Waals surface area contributed by atoms with Crippen molar-refractivity contribution in [2.45, 2.75) is 37.5 Å². The van der Waals surface area contributed by atoms with Gasteiger partial charge in [0.1, 0.15) is 22.0 Å². The molecule has 4 atom stereocenters. The van der Waals surface area contributed by atoms with Crippen LogP contribution in [0.25, 0.3) is 21.7 Å². The lowest BCUT2D eigenvalue weighted by atomic mass is 10.1. The predicted molar refractivity (Wildman–Crippen MR) is 122 cm³/mol. The number of hydrogen-bond donors (Lipinski definition) is 3. The second kappa shape index (κ2) is 7.92. The van der Waals surface area contributed by atoms with Gasteiger partial charge in [-0.05, 0) is 30.9 Å². The highest BCUT2D eigenvalue weighted by Gasteiger charge is 2.60. The summed E-state index contributed by atoms with van der Waals surface area (Å²) in [6.45, 7) is 6.01. The summed E-state index contributed by atoms with van der Waals surface area (Å²) in [6.07, 6.45) is 2.04. The molecule has 0 bridgehead atoms. The first-order valence-corrected chi connectivity index (χ1v) is 11.5. The van der Waals surface area contributed by atoms with Crippen LogP contribution in [-0.2, 0) is 16.6 Å². The van der Waals surface area contributed by atoms with E-state index in [-0.39, 0.29) is 17.9 Å². The van der Waals surface area contributed by atoms with Crippen LogP contribution in [0.15, 0.2) is 30.2 Å². The fraction of sp³-hybridized carbons (Fsp3) is 0.409. The summed E-state index contributed by atoms with van der Waals surface area (Å²) in [7, 11) is 1.84. The van der Waals surface area contributed by atoms with E-state index in [1.807, 2.05) is 31.5 Å². The first kappa shape index (κ1) is 21.5. The van der Waals surface area contributed by atoms with Crippen molar-refractivity contribution in [3.63, 3.8) is 0 Å². The average molecular weight is 469 g/mol. The van der Waals surface area contributed by atoms with E-state index >= 15 is 0 Å². The van der Waals surface area contributed by atoms with Crippen LogP contribution in [0.1, 0.15) is 18.5 Å². The molecule has 1 aliphatic heterocycles. The van der Waals surface area contributed by atoms with E-state index in [1.165, 1.54) is 11.3 Å². The minimum atomic E-state index is -1.24. The van der Waals surface area contributed by atoms with E-state index in [0.717, 1.165) is 21.6 Å². The Balaban J connectivity index is 1.32. The molecule has 3 N–H and O–H groups in total. The van der Waals surface area contributed by atoms with Crippen LogP contribution in [0, 0.1) is 12.8 Å². The Morgan fingerprint density at radius 1 is 1.45 bits per heavy atom. The van der Waals surface area contributed by atoms with Crippen LogP contribution in [0.4, 0.5) is 0 Å². The minimum Gasteiger partial charge on any atom is -0.479 e. The zero-order valence-electron chi connectivity index (χ0n) is 18.2. The lowest BCUT2D eigenvalue weighted by Crippen LogP contribution is -2.51. The van der Waals surface area contributed by atoms with E-state index in [9.17, 15) is 14.7 Å². The van der Waals surface area contributed by atoms with Crippen molar-refractivity contribution < 1.29 is 19.4 Å². The third-order valence-corrected chi connectivity index (χ3v) is 7.11. The van der Waals surface area contributed by atoms with Crippen LogP contribution < -0.4 is 15.4 Å². The molecule has 3 aromatic heterocycles. The molecule has 0 radical (unpaired) electrons. The third kappa shape index (κ3) is 3.76. The van der Waals surface area contributed by atoms with Crippen molar-refractivity contribution >= 4 is 33.4 Å². The first-order chi connectivity index (χ1) is 15.8. The zero-order valence-corrected chi connectivity index (χ0v) is 19.1. The monoisotopic (exact) mass is 468 g/mol. The Morgan fingerprint density at radius 2 is 2.27 bits per heavy atom. The van der Waals surface area contributed by atoms with Crippen molar-refractivity contribution in [2.75, 3.05) is 6.54 Å². The number of aryl methyl sites for hydroxylation is 2. The number of fused-ring (bicyclic) bond motifs is 1. The maximum Gasteiger partial charge on any atom is 0.330 e. The van der Waals surface area contributed by atoms with Crippen LogP contribution in [-0.4, -0.2) is 61.0 Å². The molecule has 0 spiro atoms. The number of aliphatic carboxylic acids is 1. The molecule has 1 aliphatic carbocycles. The van der Waals surface area contributed by atoms with Gasteiger partial charge in [0.05, 0.1) is 17.3 Å². The smallest absolute Gasteiger partial charge is 0.330 e. The molecule has 2 aliphatic rings. The van der Waals surface area contributed by atoms with Gasteiger partial charge in [-0.3, -0.25) is 9.48 Å². The minimum absolute atomic E-state index is 0.255. The molecule has 4 heterocycles. The molecular weight excluding hydrogens is 444 g/mol. The van der Waals surface area contributed by atoms with Gasteiger partial charge >= 0.3 is 5.97 Å². The lowest BCUT2D eigenvalue weighted by molar-refractivity contribution is -0.143. The number of rotatable bonds is 7. The molecule has 1 saturated carbocycles. The number of carbonyl (C=O) groups is 2. The van der Waals surface area contributed by atoms with Crippen molar-refractivity contribution in [2.24, 2.45) is 13.0 Å². The highest BCUT2D eigenvalue weighted by atomic mass is 32.1. The summed E-state index contributed by atoms with van der Waals surface area (Å²) in [5.74, 6) is -0.650. The third-order valence-electron chi connectivity index (χ3n) is 6.22. The number of thiophene rings is 1. The molecular formula is C22H24N6O4S. The van der Waals surface area contributed by atoms with Gasteiger partial charge in [-0.25, -0.2) is 9.78 Å². The maximum atomic E-state index is 12.8. The Kier molecular flexibility index (Phi) is 5.17. The number of carboxylic acids is 1. The normalized spacial score (nSPS) is 26.3. The molecule has 172 valence electrons. The predicted octanol–water partition coefficient (Wildman–Crippen LogP) is 1.66. The molecule has 1 saturated heterocycles. The van der Waals surface area contributed by atoms with Gasteiger partial charge in [-0.15, -0.1) is 17.9 Å². The summed E-state index contributed by atoms with van der Waals surface area (Å²) in [6, 6.07) is 3.29. The number of amides is 1. The summed E-state index contributed by atoms with van der Waals surface area (Å²) < 4.78 is 8.79. The van der Waals surface area contributed by atoms with Crippen LogP contribution in [0.5, 0.6) is 5.88 Å². The highest BCUT2D eigenvalue weighted by molar-refractivity contribution is 7.17. The van der Waals surface area contributed by atoms with E-state index in [0.29, 0.717) is 31.1 Å². The summed E-state index contributed by atoms with van der Waals surface area (Å²) in [5.41, 5.74) is 1.19. The quantitative estimate of drug-likeness (QED) is 0.446. The van der Waals surface area contributed by atoms with Crippen molar-refractivity contribution in [3.05, 3.63) is 35.9 Å². The van der Waals surface area contributed by atoms with Gasteiger partial charge in [0, 0.05) is 25.9 Å². The van der Waals surface area contributed by atoms with Gasteiger partial charge < -0.3 is 20.5 Å². The fourth-order valence-electron chi connectivity index (χ4n) is 4.32. The first-order valence-electron chi connectivity index (χ1n) is 10.6. The Morgan fingerprint density at radius 3 is 2.94 bits per heavy atom. The number of aromatic nitrogens is 4. The van der Waals surface area contributed by atoms with Gasteiger partial charge in [-0.2, -0.15) is 10.1 Å². The number of hydrogen-bond acceptors (Lipinski definition) is 8. The van der Waals surface area contributed by atoms with Crippen molar-refractivity contribution in [1.29, 1.82) is 0 Å². The molecule has 3 aromatic rings. The molecule has 1 amide bonds. The average Bonchev–Trinajstić information content (AvgIpc) is 3.14. The molecule has 11 heteroatoms. The summed E-state index contributed by atoms with van der Waals surface area (Å²) >= 11 is 1.49. The van der Waals surface area contributed by atoms with Gasteiger partial charge in [-0.1, -0.05) is 6.08 Å². The topological polar surface area (TPSA) is 131 Å². The SMILES string of the molecule is C=C[C@@H]1C[C@]1(NC(=O)[C@H]1C[C@@H](Oc2nc(-c3cc(C)nn3C)nc3ccsc23)CN1)C(=O)O. The van der Waals surface area contributed by atoms with Crippen molar-refractivity contribution in [1.82, 2.24) is 30.4 Å². The number of nitrogens with one attached hydrogen (secondary N) is 2. The largest absolute Gasteiger partial charge is 0.479 e. The number of carbonyl (C=O) groups excluding carboxylic acids is 1. The van der Waals surface area contributed by atoms with E-state index < -0.39 is 17.6 Å². The molecule has 0 aromatic carbocycles. The summed E-state index contributed by atoms with van der Waals surface area (Å²) in [4.78, 5) is 33.7. The number of carboxylic acid groups (broad SMARTS) is 1. The van der Waals surface area contributed by atoms with Crippen molar-refractivity contribution in [3.8, 4) is 17.4 Å². The zero-order chi connectivity index (χ0) is 23.3. The summed E-state index contributed by atoms with van der Waals surface area (Å²) in [5, 5.41) is 21.7. The van der Waals surface area contributed by atoms with E-state index in [1.54, 1.807) is 10.8 Å². The number of ether oxygens (including phenoxy) is 1. The second-order valence-electron chi connectivity index (χ2n) is 8.53. The fourth-order valence-corrected chi connectivity index (χ4v) is 5.09. The van der Waals surface area contributed by atoms with Crippen LogP contribution in [0.2, 0.25) is 0 Å². The Hall–Kier alpha value is -3.31. The Labute approximate surface area is 193 Å². The number of nitrogens with zero attached hydrogens (tertiary/aromatic N) is 4. The van der Waals surface area contributed by atoms with Gasteiger partial charge in [0.2, 0.25) is 11.8 Å². The molecule has 10 nitrogen and oxygen atoms in total. The molecule has 0 unspecified atom stereocenters. The highest BCUT2D eigenvalue weighted by Crippen LogP contribution is 2.44. The van der Waals surface area contributed by atoms with Gasteiger partial charge in [0.25, 0.3) is 0 Å². The maximum absolute atomic E-state index is 12.8. The second-order valence-corrected chi connectivity index (χ2v) is 9.45. The van der Waals surface area contributed by atoms with Crippen LogP contribution >= 0.6 is 11.3 Å². The van der Waals surface area contributed by atoms with Crippen LogP contribution in [0.3, 0.4) is 0 Å². The molecule has 5 rings (SSSR count). The molecule has 2 fully saturated rings. The van der Waals surface area contributed by atoms with Gasteiger partial charge in [0.15, 0.2) is 5.82 Å². The van der Waals surface area contributed by atoms with E-state index in [4.69, 9.17) is 4.74 Å².